The Hall–Kier alpha value is -10.8. The molecule has 15 rings (SSSR count). The quantitative estimate of drug-likeness (QED) is 0.0299. The highest BCUT2D eigenvalue weighted by Crippen LogP contribution is 2.56. The predicted molar refractivity (Wildman–Crippen MR) is 480 cm³/mol. The molecule has 0 aliphatic carbocycles. The number of hydrogen-bond acceptors (Lipinski definition) is 26. The molecule has 6 aliphatic heterocycles. The molecule has 0 amide bonds. The fourth-order valence-electron chi connectivity index (χ4n) is 14.5. The van der Waals surface area contributed by atoms with Gasteiger partial charge in [0.25, 0.3) is 0 Å². The van der Waals surface area contributed by atoms with Gasteiger partial charge in [-0.15, -0.1) is 10.2 Å². The number of carbonyl (C=O) groups excluding carboxylic acids is 5. The number of aromatic nitrogens is 7. The molecule has 11 heterocycles. The molecule has 1 unspecified atom stereocenters. The number of carbonyl (C=O) groups is 5. The average Bonchev–Trinajstić information content (AvgIpc) is 1.66. The molecular formula is C91H98Cl4N15O14P. The first-order chi connectivity index (χ1) is 60.6. The molecule has 2 fully saturated rings. The highest BCUT2D eigenvalue weighted by atomic mass is 35.5. The van der Waals surface area contributed by atoms with Crippen LogP contribution in [0, 0.1) is 6.92 Å². The first-order valence-electron chi connectivity index (χ1n) is 41.6. The number of rotatable bonds is 26. The number of nitrogens with zero attached hydrogens (tertiary/aromatic N) is 15. The topological polar surface area (TPSA) is 350 Å². The van der Waals surface area contributed by atoms with Crippen LogP contribution in [0.25, 0.3) is 5.69 Å². The van der Waals surface area contributed by atoms with E-state index in [2.05, 4.69) is 35.1 Å². The van der Waals surface area contributed by atoms with Crippen LogP contribution >= 0.6 is 54.1 Å². The SMILES string of the molecule is CCOC(=O)CC[C@@H]1N=C(c2ccccn2)c2cc(Cl)ccc2-n2c(C)nnc21.CCOC(=O)CC[C@@H]1N=C(c2ccccn2)c2cc(Cl)ccc2CC1=O.CCOC(=O)CC[C@@H]1N=C(c2ccccn2)c2cc(Cl)ccc2N=C1CCC(C)O.CCOC(=O)CC[C@@H]1N=C(c2ccccn2)c2cc(Cl)ccc2N=C1OP(=O)(N1CCOCC1)N1CCOCC1. The maximum atomic E-state index is 14.9. The van der Waals surface area contributed by atoms with Crippen molar-refractivity contribution in [3.8, 4) is 5.69 Å². The van der Waals surface area contributed by atoms with Crippen molar-refractivity contribution in [1.82, 2.24) is 44.0 Å². The lowest BCUT2D eigenvalue weighted by molar-refractivity contribution is -0.144. The molecule has 0 spiro atoms. The molecule has 1 N–H and O–H groups in total. The molecule has 0 bridgehead atoms. The number of aliphatic imine (C=N–C) groups is 6. The maximum absolute atomic E-state index is 14.9. The normalized spacial score (nSPS) is 17.5. The lowest BCUT2D eigenvalue weighted by Crippen LogP contribution is -2.44. The summed E-state index contributed by atoms with van der Waals surface area (Å²) in [6.45, 7) is 15.6. The van der Waals surface area contributed by atoms with Gasteiger partial charge in [0.1, 0.15) is 23.9 Å². The smallest absolute Gasteiger partial charge is 0.397 e. The van der Waals surface area contributed by atoms with Crippen molar-refractivity contribution < 1.29 is 66.6 Å². The van der Waals surface area contributed by atoms with Gasteiger partial charge in [0.2, 0.25) is 5.90 Å². The summed E-state index contributed by atoms with van der Waals surface area (Å²) in [6.07, 6.45) is 9.93. The number of Topliss-reactive ketones (excluding diaryl/α,β-unsaturated/α-hetero) is 1. The molecule has 6 aliphatic rings. The highest BCUT2D eigenvalue weighted by molar-refractivity contribution is 7.54. The van der Waals surface area contributed by atoms with E-state index in [0.717, 1.165) is 50.9 Å². The van der Waals surface area contributed by atoms with Crippen LogP contribution in [-0.4, -0.2) is 217 Å². The van der Waals surface area contributed by atoms with E-state index in [1.54, 1.807) is 89.7 Å². The van der Waals surface area contributed by atoms with Crippen molar-refractivity contribution >= 4 is 130 Å². The number of esters is 4. The van der Waals surface area contributed by atoms with Crippen LogP contribution in [-0.2, 0) is 67.9 Å². The standard InChI is InChI=1S/C27H33ClN5O6P.C23H26ClN3O3.C21H20ClN5O2.C20H19ClN2O3/c1-2-38-25(34)9-8-24-27(39-40(35,32-11-15-36-16-12-32)33-13-17-37-18-14-33)31-22-7-6-20(28)19-21(22)26(30-24)23-5-3-4-10-29-23;1-3-30-22(29)12-11-20-19(9-7-15(2)28)26-18-10-8-16(24)14-17(18)23(27-20)21-6-4-5-13-25-21;1-3-29-19(28)10-8-17-21-26-25-13(2)27(21)18-9-7-14(22)12-15(18)20(24-17)16-6-4-5-11-23-16;1-2-26-19(25)9-8-16-18(24)11-13-6-7-14(21)12-15(13)20(23-16)17-5-3-4-10-22-17/h3-7,10,19,24H,2,8-9,11-18H2,1H3;4-6,8,10,13-15,20,28H,3,7,9,11-12H2,1-2H3;4-7,9,11-12,17H,3,8,10H2,1-2H3;3-7,10,12,16H,2,8-9,11H2,1H3/t24-;15?,20-;17-;16-/m0000/s1. The van der Waals surface area contributed by atoms with Gasteiger partial charge in [0.05, 0.1) is 128 Å². The zero-order valence-electron chi connectivity index (χ0n) is 70.2. The van der Waals surface area contributed by atoms with Gasteiger partial charge in [-0.1, -0.05) is 76.7 Å². The molecule has 9 aromatic rings. The summed E-state index contributed by atoms with van der Waals surface area (Å²) in [4.78, 5) is 108. The minimum absolute atomic E-state index is 0.0243. The number of morpholine rings is 2. The van der Waals surface area contributed by atoms with E-state index in [4.69, 9.17) is 104 Å². The summed E-state index contributed by atoms with van der Waals surface area (Å²) in [7, 11) is -3.62. The number of aliphatic hydroxyl groups excluding tert-OH is 1. The number of ether oxygens (including phenoxy) is 6. The molecule has 654 valence electrons. The van der Waals surface area contributed by atoms with Crippen LogP contribution in [0.5, 0.6) is 0 Å². The Morgan fingerprint density at radius 3 is 1.34 bits per heavy atom. The first-order valence-corrected chi connectivity index (χ1v) is 44.7. The molecular weight excluding hydrogens is 1700 g/mol. The number of aryl methyl sites for hydroxylation is 1. The lowest BCUT2D eigenvalue weighted by Gasteiger charge is -2.41. The third-order valence-corrected chi connectivity index (χ3v) is 24.1. The Balaban J connectivity index is 0.000000154. The number of pyridine rings is 4. The van der Waals surface area contributed by atoms with E-state index in [-0.39, 0.29) is 92.8 Å². The molecule has 5 aromatic heterocycles. The van der Waals surface area contributed by atoms with Crippen molar-refractivity contribution in [1.29, 1.82) is 0 Å². The Morgan fingerprint density at radius 1 is 0.488 bits per heavy atom. The molecule has 5 atom stereocenters. The van der Waals surface area contributed by atoms with Crippen molar-refractivity contribution in [2.45, 2.75) is 142 Å². The number of halogens is 4. The van der Waals surface area contributed by atoms with Gasteiger partial charge in [-0.3, -0.25) is 73.4 Å². The summed E-state index contributed by atoms with van der Waals surface area (Å²) < 4.78 is 58.5. The van der Waals surface area contributed by atoms with Crippen LogP contribution < -0.4 is 0 Å². The van der Waals surface area contributed by atoms with Crippen molar-refractivity contribution in [3.63, 3.8) is 0 Å². The fourth-order valence-corrected chi connectivity index (χ4v) is 17.5. The summed E-state index contributed by atoms with van der Waals surface area (Å²) >= 11 is 25.2. The minimum Gasteiger partial charge on any atom is -0.466 e. The molecule has 0 radical (unpaired) electrons. The van der Waals surface area contributed by atoms with E-state index in [1.165, 1.54) is 0 Å². The van der Waals surface area contributed by atoms with Gasteiger partial charge in [-0.2, -0.15) is 0 Å². The second kappa shape index (κ2) is 45.9. The van der Waals surface area contributed by atoms with Crippen LogP contribution in [0.1, 0.15) is 167 Å². The number of benzene rings is 4. The van der Waals surface area contributed by atoms with Crippen molar-refractivity contribution in [2.75, 3.05) is 79.0 Å². The largest absolute Gasteiger partial charge is 0.466 e. The monoisotopic (exact) mass is 1800 g/mol. The van der Waals surface area contributed by atoms with Gasteiger partial charge in [0, 0.05) is 131 Å². The van der Waals surface area contributed by atoms with Gasteiger partial charge in [0.15, 0.2) is 11.6 Å². The Bertz CT molecular complexity index is 5480. The lowest BCUT2D eigenvalue weighted by atomic mass is 9.97. The molecule has 0 saturated carbocycles. The van der Waals surface area contributed by atoms with Crippen LogP contribution in [0.2, 0.25) is 20.1 Å². The van der Waals surface area contributed by atoms with E-state index in [0.29, 0.717) is 182 Å². The van der Waals surface area contributed by atoms with Crippen molar-refractivity contribution in [3.05, 3.63) is 253 Å². The first kappa shape index (κ1) is 93.3. The van der Waals surface area contributed by atoms with Crippen molar-refractivity contribution in [2.24, 2.45) is 30.0 Å². The third-order valence-electron chi connectivity index (χ3n) is 20.5. The van der Waals surface area contributed by atoms with Crippen LogP contribution in [0.3, 0.4) is 0 Å². The molecule has 2 saturated heterocycles. The summed E-state index contributed by atoms with van der Waals surface area (Å²) in [5.41, 5.74) is 12.3. The summed E-state index contributed by atoms with van der Waals surface area (Å²) in [5.74, 6) is 0.374. The summed E-state index contributed by atoms with van der Waals surface area (Å²) in [5, 5.41) is 20.7. The minimum atomic E-state index is -3.62. The molecule has 4 aromatic carbocycles. The van der Waals surface area contributed by atoms with Gasteiger partial charge in [-0.05, 0) is 201 Å². The predicted octanol–water partition coefficient (Wildman–Crippen LogP) is 15.9. The van der Waals surface area contributed by atoms with E-state index < -0.39 is 25.9 Å². The van der Waals surface area contributed by atoms with Crippen LogP contribution in [0.15, 0.2) is 200 Å². The van der Waals surface area contributed by atoms with E-state index in [1.807, 2.05) is 136 Å². The fraction of sp³-hybridized carbons (Fsp3) is 0.374. The van der Waals surface area contributed by atoms with E-state index >= 15 is 0 Å². The molecule has 29 nitrogen and oxygen atoms in total. The summed E-state index contributed by atoms with van der Waals surface area (Å²) in [6, 6.07) is 42.3. The second-order valence-corrected chi connectivity index (χ2v) is 33.3. The second-order valence-electron chi connectivity index (χ2n) is 29.2. The highest BCUT2D eigenvalue weighted by Gasteiger charge is 2.45. The Kier molecular flexibility index (Phi) is 34.3. The Labute approximate surface area is 745 Å². The van der Waals surface area contributed by atoms with E-state index in [9.17, 15) is 33.6 Å². The maximum Gasteiger partial charge on any atom is 0.397 e. The molecule has 34 heteroatoms. The van der Waals surface area contributed by atoms with Gasteiger partial charge >= 0.3 is 31.5 Å². The number of hydrogen-bond donors (Lipinski definition) is 1. The van der Waals surface area contributed by atoms with Gasteiger partial charge in [-0.25, -0.2) is 18.9 Å². The van der Waals surface area contributed by atoms with Gasteiger partial charge < -0.3 is 38.1 Å². The Morgan fingerprint density at radius 2 is 0.880 bits per heavy atom. The number of ketones is 1. The zero-order valence-corrected chi connectivity index (χ0v) is 74.2. The number of fused-ring (bicyclic) bond motifs is 6. The zero-order chi connectivity index (χ0) is 88.4. The third kappa shape index (κ3) is 25.1. The van der Waals surface area contributed by atoms with Crippen LogP contribution in [0.4, 0.5) is 11.4 Å². The average molecular weight is 1800 g/mol. The number of aliphatic hydroxyl groups is 1. The molecule has 125 heavy (non-hydrogen) atoms.